The van der Waals surface area contributed by atoms with Gasteiger partial charge < -0.3 is 9.84 Å². The summed E-state index contributed by atoms with van der Waals surface area (Å²) in [6, 6.07) is 6.02. The van der Waals surface area contributed by atoms with Crippen LogP contribution in [0.25, 0.3) is 11.0 Å². The van der Waals surface area contributed by atoms with Crippen LogP contribution >= 0.6 is 15.9 Å². The minimum atomic E-state index is 0.791. The topological polar surface area (TPSA) is 38.1 Å². The highest BCUT2D eigenvalue weighted by atomic mass is 79.9. The molecule has 2 rings (SSSR count). The van der Waals surface area contributed by atoms with Gasteiger partial charge in [0.15, 0.2) is 10.2 Å². The summed E-state index contributed by atoms with van der Waals surface area (Å²) >= 11 is 3.38. The number of aromatic nitrogens is 1. The zero-order chi connectivity index (χ0) is 9.97. The molecule has 0 aliphatic carbocycles. The van der Waals surface area contributed by atoms with Gasteiger partial charge in [0.2, 0.25) is 0 Å². The molecule has 14 heavy (non-hydrogen) atoms. The number of fused-ring (bicyclic) bond motifs is 1. The highest BCUT2D eigenvalue weighted by Gasteiger charge is 2.09. The molecule has 0 saturated heterocycles. The molecule has 0 unspecified atom stereocenters. The van der Waals surface area contributed by atoms with Gasteiger partial charge in [0.1, 0.15) is 0 Å². The Morgan fingerprint density at radius 2 is 2.36 bits per heavy atom. The number of halogens is 1. The van der Waals surface area contributed by atoms with Crippen molar-refractivity contribution < 1.29 is 4.52 Å². The van der Waals surface area contributed by atoms with Crippen molar-refractivity contribution in [2.75, 3.05) is 13.6 Å². The van der Waals surface area contributed by atoms with E-state index in [4.69, 9.17) is 4.52 Å². The molecular weight excluding hydrogens is 244 g/mol. The van der Waals surface area contributed by atoms with Crippen LogP contribution in [0.1, 0.15) is 5.56 Å². The van der Waals surface area contributed by atoms with Crippen LogP contribution in [-0.4, -0.2) is 18.7 Å². The van der Waals surface area contributed by atoms with Gasteiger partial charge in [0, 0.05) is 0 Å². The van der Waals surface area contributed by atoms with Crippen molar-refractivity contribution >= 4 is 26.9 Å². The van der Waals surface area contributed by atoms with Crippen LogP contribution in [0.2, 0.25) is 0 Å². The van der Waals surface area contributed by atoms with E-state index in [2.05, 4.69) is 32.5 Å². The molecule has 74 valence electrons. The van der Waals surface area contributed by atoms with E-state index in [1.165, 1.54) is 5.56 Å². The van der Waals surface area contributed by atoms with Crippen LogP contribution in [0.5, 0.6) is 0 Å². The summed E-state index contributed by atoms with van der Waals surface area (Å²) in [6.45, 7) is 0.955. The van der Waals surface area contributed by atoms with Gasteiger partial charge in [0.05, 0.1) is 5.39 Å². The molecule has 0 spiro atoms. The normalized spacial score (nSPS) is 11.0. The molecule has 1 N–H and O–H groups in total. The van der Waals surface area contributed by atoms with Gasteiger partial charge in [-0.15, -0.1) is 0 Å². The fourth-order valence-corrected chi connectivity index (χ4v) is 2.01. The maximum absolute atomic E-state index is 5.15. The third kappa shape index (κ3) is 1.67. The van der Waals surface area contributed by atoms with Gasteiger partial charge in [0.25, 0.3) is 0 Å². The number of hydrogen-bond acceptors (Lipinski definition) is 3. The van der Waals surface area contributed by atoms with Crippen molar-refractivity contribution in [2.45, 2.75) is 6.42 Å². The molecular formula is C10H11BrN2O. The molecule has 0 amide bonds. The zero-order valence-electron chi connectivity index (χ0n) is 7.88. The predicted octanol–water partition coefficient (Wildman–Crippen LogP) is 2.35. The Morgan fingerprint density at radius 1 is 1.50 bits per heavy atom. The lowest BCUT2D eigenvalue weighted by atomic mass is 10.1. The quantitative estimate of drug-likeness (QED) is 0.914. The minimum Gasteiger partial charge on any atom is -0.355 e. The monoisotopic (exact) mass is 254 g/mol. The first-order valence-corrected chi connectivity index (χ1v) is 5.29. The molecule has 0 aliphatic heterocycles. The molecule has 0 fully saturated rings. The summed E-state index contributed by atoms with van der Waals surface area (Å²) in [5, 5.41) is 8.10. The Kier molecular flexibility index (Phi) is 2.84. The summed E-state index contributed by atoms with van der Waals surface area (Å²) in [4.78, 5) is 0. The number of nitrogens with zero attached hydrogens (tertiary/aromatic N) is 1. The smallest absolute Gasteiger partial charge is 0.168 e. The number of nitrogens with one attached hydrogen (secondary N) is 1. The van der Waals surface area contributed by atoms with Gasteiger partial charge in [-0.05, 0) is 47.6 Å². The van der Waals surface area contributed by atoms with E-state index in [9.17, 15) is 0 Å². The Balaban J connectivity index is 2.46. The fourth-order valence-electron chi connectivity index (χ4n) is 1.49. The molecule has 2 aromatic rings. The van der Waals surface area contributed by atoms with Crippen molar-refractivity contribution in [2.24, 2.45) is 0 Å². The maximum atomic E-state index is 5.15. The molecule has 4 heteroatoms. The van der Waals surface area contributed by atoms with E-state index in [1.807, 2.05) is 19.2 Å². The van der Waals surface area contributed by atoms with Crippen LogP contribution in [0.4, 0.5) is 0 Å². The van der Waals surface area contributed by atoms with E-state index in [-0.39, 0.29) is 0 Å². The second-order valence-electron chi connectivity index (χ2n) is 3.12. The van der Waals surface area contributed by atoms with Crippen molar-refractivity contribution in [3.8, 4) is 0 Å². The number of rotatable bonds is 3. The van der Waals surface area contributed by atoms with Gasteiger partial charge in [-0.25, -0.2) is 0 Å². The standard InChI is InChI=1S/C10H11BrN2O/c1-12-6-5-7-3-2-4-8-9(7)10(11)13-14-8/h2-4,12H,5-6H2,1H3. The average Bonchev–Trinajstić information content (AvgIpc) is 2.58. The van der Waals surface area contributed by atoms with E-state index in [0.29, 0.717) is 0 Å². The van der Waals surface area contributed by atoms with Crippen molar-refractivity contribution in [3.05, 3.63) is 28.4 Å². The molecule has 0 radical (unpaired) electrons. The molecule has 0 saturated carbocycles. The van der Waals surface area contributed by atoms with Crippen LogP contribution in [0, 0.1) is 0 Å². The first-order chi connectivity index (χ1) is 6.83. The molecule has 1 heterocycles. The maximum Gasteiger partial charge on any atom is 0.168 e. The predicted molar refractivity (Wildman–Crippen MR) is 59.3 cm³/mol. The Hall–Kier alpha value is -0.870. The SMILES string of the molecule is CNCCc1cccc2onc(Br)c12. The first-order valence-electron chi connectivity index (χ1n) is 4.50. The Morgan fingerprint density at radius 3 is 3.14 bits per heavy atom. The van der Waals surface area contributed by atoms with E-state index in [1.54, 1.807) is 0 Å². The lowest BCUT2D eigenvalue weighted by Crippen LogP contribution is -2.10. The lowest BCUT2D eigenvalue weighted by Gasteiger charge is -2.01. The third-order valence-corrected chi connectivity index (χ3v) is 2.73. The molecule has 1 aromatic carbocycles. The summed E-state index contributed by atoms with van der Waals surface area (Å²) in [5.74, 6) is 0. The Labute approximate surface area is 90.6 Å². The average molecular weight is 255 g/mol. The van der Waals surface area contributed by atoms with Gasteiger partial charge >= 0.3 is 0 Å². The minimum absolute atomic E-state index is 0.791. The lowest BCUT2D eigenvalue weighted by molar-refractivity contribution is 0.451. The highest BCUT2D eigenvalue weighted by Crippen LogP contribution is 2.26. The largest absolute Gasteiger partial charge is 0.355 e. The second kappa shape index (κ2) is 4.11. The molecule has 0 atom stereocenters. The molecule has 1 aromatic heterocycles. The number of benzene rings is 1. The van der Waals surface area contributed by atoms with E-state index in [0.717, 1.165) is 28.5 Å². The van der Waals surface area contributed by atoms with Gasteiger partial charge in [-0.1, -0.05) is 17.3 Å². The number of hydrogen-bond donors (Lipinski definition) is 1. The summed E-state index contributed by atoms with van der Waals surface area (Å²) in [5.41, 5.74) is 2.09. The molecule has 3 nitrogen and oxygen atoms in total. The number of likely N-dealkylation sites (N-methyl/N-ethyl adjacent to an activating group) is 1. The zero-order valence-corrected chi connectivity index (χ0v) is 9.47. The molecule has 0 bridgehead atoms. The highest BCUT2D eigenvalue weighted by molar-refractivity contribution is 9.10. The summed E-state index contributed by atoms with van der Waals surface area (Å²) in [7, 11) is 1.95. The van der Waals surface area contributed by atoms with E-state index < -0.39 is 0 Å². The van der Waals surface area contributed by atoms with Crippen LogP contribution in [0.15, 0.2) is 27.3 Å². The van der Waals surface area contributed by atoms with Crippen molar-refractivity contribution in [3.63, 3.8) is 0 Å². The van der Waals surface area contributed by atoms with Gasteiger partial charge in [-0.2, -0.15) is 0 Å². The summed E-state index contributed by atoms with van der Waals surface area (Å²) < 4.78 is 5.94. The van der Waals surface area contributed by atoms with E-state index >= 15 is 0 Å². The second-order valence-corrected chi connectivity index (χ2v) is 3.87. The van der Waals surface area contributed by atoms with Crippen LogP contribution in [0.3, 0.4) is 0 Å². The summed E-state index contributed by atoms with van der Waals surface area (Å²) in [6.07, 6.45) is 0.980. The third-order valence-electron chi connectivity index (χ3n) is 2.19. The van der Waals surface area contributed by atoms with Crippen LogP contribution < -0.4 is 5.32 Å². The van der Waals surface area contributed by atoms with Gasteiger partial charge in [-0.3, -0.25) is 0 Å². The molecule has 0 aliphatic rings. The van der Waals surface area contributed by atoms with Crippen LogP contribution in [-0.2, 0) is 6.42 Å². The fraction of sp³-hybridized carbons (Fsp3) is 0.300. The van der Waals surface area contributed by atoms with Crippen molar-refractivity contribution in [1.82, 2.24) is 10.5 Å². The van der Waals surface area contributed by atoms with Crippen molar-refractivity contribution in [1.29, 1.82) is 0 Å². The Bertz CT molecular complexity index is 439. The first kappa shape index (κ1) is 9.68.